The molecule has 0 aliphatic heterocycles. The van der Waals surface area contributed by atoms with Gasteiger partial charge in [-0.1, -0.05) is 56.8 Å². The molecular weight excluding hydrogens is 517 g/mol. The molecule has 0 saturated heterocycles. The fourth-order valence-corrected chi connectivity index (χ4v) is 4.57. The average Bonchev–Trinajstić information content (AvgIpc) is 3.34. The largest absolute Gasteiger partial charge is 0.495 e. The van der Waals surface area contributed by atoms with Crippen LogP contribution in [0.4, 0.5) is 10.1 Å². The van der Waals surface area contributed by atoms with Gasteiger partial charge in [-0.05, 0) is 59.5 Å². The second-order valence-corrected chi connectivity index (χ2v) is 10.7. The number of anilines is 1. The summed E-state index contributed by atoms with van der Waals surface area (Å²) in [6, 6.07) is 20.4. The predicted molar refractivity (Wildman–Crippen MR) is 150 cm³/mol. The number of halogens is 1. The van der Waals surface area contributed by atoms with E-state index in [4.69, 9.17) is 4.74 Å². The molecule has 0 aliphatic carbocycles. The van der Waals surface area contributed by atoms with Crippen LogP contribution in [0.1, 0.15) is 42.5 Å². The Morgan fingerprint density at radius 1 is 0.974 bits per heavy atom. The summed E-state index contributed by atoms with van der Waals surface area (Å²) < 4.78 is 20.5. The molecule has 1 heterocycles. The zero-order valence-corrected chi connectivity index (χ0v) is 23.0. The molecule has 0 spiro atoms. The number of amides is 2. The van der Waals surface area contributed by atoms with Gasteiger partial charge in [-0.2, -0.15) is 0 Å². The van der Waals surface area contributed by atoms with Crippen molar-refractivity contribution in [3.63, 3.8) is 0 Å². The predicted octanol–water partition coefficient (Wildman–Crippen LogP) is 5.37. The number of carbonyl (C=O) groups excluding carboxylic acids is 2. The second-order valence-electron chi connectivity index (χ2n) is 9.76. The van der Waals surface area contributed by atoms with E-state index >= 15 is 0 Å². The maximum absolute atomic E-state index is 13.2. The Morgan fingerprint density at radius 3 is 2.33 bits per heavy atom. The summed E-state index contributed by atoms with van der Waals surface area (Å²) in [5.74, 6) is 0.194. The molecule has 0 aliphatic rings. The molecule has 0 bridgehead atoms. The molecule has 0 unspecified atom stereocenters. The summed E-state index contributed by atoms with van der Waals surface area (Å²) in [6.07, 6.45) is 0. The van der Waals surface area contributed by atoms with Gasteiger partial charge in [0.2, 0.25) is 5.91 Å². The van der Waals surface area contributed by atoms with Gasteiger partial charge in [0.25, 0.3) is 5.91 Å². The van der Waals surface area contributed by atoms with Crippen molar-refractivity contribution in [2.75, 3.05) is 18.2 Å². The van der Waals surface area contributed by atoms with E-state index in [-0.39, 0.29) is 35.3 Å². The van der Waals surface area contributed by atoms with E-state index in [2.05, 4.69) is 41.6 Å². The second kappa shape index (κ2) is 12.1. The number of benzene rings is 3. The van der Waals surface area contributed by atoms with Crippen LogP contribution in [0.15, 0.2) is 78.0 Å². The number of thioether (sulfide) groups is 1. The van der Waals surface area contributed by atoms with Gasteiger partial charge < -0.3 is 15.4 Å². The number of nitrogens with zero attached hydrogens (tertiary/aromatic N) is 3. The lowest BCUT2D eigenvalue weighted by Gasteiger charge is -2.19. The normalized spacial score (nSPS) is 11.2. The van der Waals surface area contributed by atoms with E-state index in [1.807, 2.05) is 48.5 Å². The Hall–Kier alpha value is -4.18. The molecule has 8 nitrogen and oxygen atoms in total. The number of hydrogen-bond donors (Lipinski definition) is 2. The Morgan fingerprint density at radius 2 is 1.67 bits per heavy atom. The van der Waals surface area contributed by atoms with Crippen molar-refractivity contribution >= 4 is 29.3 Å². The van der Waals surface area contributed by atoms with Crippen LogP contribution in [0.2, 0.25) is 0 Å². The maximum atomic E-state index is 13.2. The van der Waals surface area contributed by atoms with Crippen LogP contribution in [0.25, 0.3) is 5.69 Å². The van der Waals surface area contributed by atoms with E-state index in [0.29, 0.717) is 33.7 Å². The molecule has 4 aromatic rings. The van der Waals surface area contributed by atoms with Gasteiger partial charge in [0.05, 0.1) is 25.1 Å². The highest BCUT2D eigenvalue weighted by atomic mass is 32.2. The van der Waals surface area contributed by atoms with Crippen molar-refractivity contribution in [3.8, 4) is 11.4 Å². The molecule has 0 saturated carbocycles. The summed E-state index contributed by atoms with van der Waals surface area (Å²) in [5, 5.41) is 14.7. The summed E-state index contributed by atoms with van der Waals surface area (Å²) in [7, 11) is 1.56. The van der Waals surface area contributed by atoms with Crippen molar-refractivity contribution in [3.05, 3.63) is 95.6 Å². The van der Waals surface area contributed by atoms with Crippen LogP contribution in [-0.4, -0.2) is 39.4 Å². The number of nitrogens with one attached hydrogen (secondary N) is 2. The molecule has 2 N–H and O–H groups in total. The summed E-state index contributed by atoms with van der Waals surface area (Å²) in [5.41, 5.74) is 2.83. The number of para-hydroxylation sites is 2. The standard InChI is InChI=1S/C29H30FN5O3S/c1-29(2,3)20-11-9-19(10-12-20)27(37)31-17-25-33-34-28(35(25)23-7-5-6-8-24(23)38-4)39-18-26(36)32-22-15-13-21(30)14-16-22/h5-16H,17-18H2,1-4H3,(H,31,37)(H,32,36). The molecule has 1 aromatic heterocycles. The van der Waals surface area contributed by atoms with Crippen LogP contribution in [0.3, 0.4) is 0 Å². The van der Waals surface area contributed by atoms with Crippen molar-refractivity contribution in [2.45, 2.75) is 37.9 Å². The first-order chi connectivity index (χ1) is 18.7. The molecule has 202 valence electrons. The summed E-state index contributed by atoms with van der Waals surface area (Å²) in [6.45, 7) is 6.46. The first-order valence-electron chi connectivity index (χ1n) is 12.3. The number of rotatable bonds is 9. The molecule has 2 amide bonds. The number of hydrogen-bond acceptors (Lipinski definition) is 6. The number of aromatic nitrogens is 3. The van der Waals surface area contributed by atoms with Crippen LogP contribution < -0.4 is 15.4 Å². The highest BCUT2D eigenvalue weighted by Crippen LogP contribution is 2.29. The van der Waals surface area contributed by atoms with Crippen LogP contribution >= 0.6 is 11.8 Å². The molecule has 3 aromatic carbocycles. The first kappa shape index (κ1) is 27.8. The van der Waals surface area contributed by atoms with Gasteiger partial charge in [-0.25, -0.2) is 4.39 Å². The molecule has 4 rings (SSSR count). The Bertz CT molecular complexity index is 1450. The molecule has 0 fully saturated rings. The van der Waals surface area contributed by atoms with Crippen molar-refractivity contribution in [2.24, 2.45) is 0 Å². The quantitative estimate of drug-likeness (QED) is 0.273. The third-order valence-corrected chi connectivity index (χ3v) is 6.84. The Labute approximate surface area is 231 Å². The van der Waals surface area contributed by atoms with Gasteiger partial charge in [0, 0.05) is 11.3 Å². The zero-order valence-electron chi connectivity index (χ0n) is 22.2. The lowest BCUT2D eigenvalue weighted by atomic mass is 9.87. The SMILES string of the molecule is COc1ccccc1-n1c(CNC(=O)c2ccc(C(C)(C)C)cc2)nnc1SCC(=O)Nc1ccc(F)cc1. The third-order valence-electron chi connectivity index (χ3n) is 5.91. The minimum atomic E-state index is -0.381. The van der Waals surface area contributed by atoms with E-state index in [1.54, 1.807) is 11.7 Å². The van der Waals surface area contributed by atoms with Crippen molar-refractivity contribution < 1.29 is 18.7 Å². The van der Waals surface area contributed by atoms with Gasteiger partial charge in [0.15, 0.2) is 11.0 Å². The number of carbonyl (C=O) groups is 2. The van der Waals surface area contributed by atoms with E-state index in [9.17, 15) is 14.0 Å². The number of ether oxygens (including phenoxy) is 1. The molecule has 0 atom stereocenters. The highest BCUT2D eigenvalue weighted by Gasteiger charge is 2.20. The van der Waals surface area contributed by atoms with Crippen molar-refractivity contribution in [1.29, 1.82) is 0 Å². The smallest absolute Gasteiger partial charge is 0.251 e. The lowest BCUT2D eigenvalue weighted by molar-refractivity contribution is -0.113. The van der Waals surface area contributed by atoms with E-state index < -0.39 is 0 Å². The first-order valence-corrected chi connectivity index (χ1v) is 13.3. The van der Waals surface area contributed by atoms with Gasteiger partial charge in [-0.15, -0.1) is 10.2 Å². The Kier molecular flexibility index (Phi) is 8.65. The topological polar surface area (TPSA) is 98.1 Å². The fraction of sp³-hybridized carbons (Fsp3) is 0.241. The minimum absolute atomic E-state index is 0.00977. The van der Waals surface area contributed by atoms with Gasteiger partial charge in [0.1, 0.15) is 11.6 Å². The number of methoxy groups -OCH3 is 1. The third kappa shape index (κ3) is 7.02. The molecule has 10 heteroatoms. The molecule has 0 radical (unpaired) electrons. The van der Waals surface area contributed by atoms with Crippen LogP contribution in [0.5, 0.6) is 5.75 Å². The Balaban J connectivity index is 1.52. The minimum Gasteiger partial charge on any atom is -0.495 e. The average molecular weight is 548 g/mol. The zero-order chi connectivity index (χ0) is 28.0. The maximum Gasteiger partial charge on any atom is 0.251 e. The highest BCUT2D eigenvalue weighted by molar-refractivity contribution is 7.99. The summed E-state index contributed by atoms with van der Waals surface area (Å²) in [4.78, 5) is 25.4. The van der Waals surface area contributed by atoms with Gasteiger partial charge >= 0.3 is 0 Å². The van der Waals surface area contributed by atoms with Gasteiger partial charge in [-0.3, -0.25) is 14.2 Å². The van der Waals surface area contributed by atoms with Crippen molar-refractivity contribution in [1.82, 2.24) is 20.1 Å². The van der Waals surface area contributed by atoms with E-state index in [1.165, 1.54) is 36.0 Å². The van der Waals surface area contributed by atoms with E-state index in [0.717, 1.165) is 5.56 Å². The summed E-state index contributed by atoms with van der Waals surface area (Å²) >= 11 is 1.18. The fourth-order valence-electron chi connectivity index (χ4n) is 3.81. The molecular formula is C29H30FN5O3S. The monoisotopic (exact) mass is 547 g/mol. The molecule has 39 heavy (non-hydrogen) atoms. The van der Waals surface area contributed by atoms with Crippen LogP contribution in [-0.2, 0) is 16.8 Å². The van der Waals surface area contributed by atoms with Crippen LogP contribution in [0, 0.1) is 5.82 Å². The lowest BCUT2D eigenvalue weighted by Crippen LogP contribution is -2.25.